The molecule has 102 valence electrons. The third kappa shape index (κ3) is 6.72. The fourth-order valence-corrected chi connectivity index (χ4v) is 1.79. The summed E-state index contributed by atoms with van der Waals surface area (Å²) < 4.78 is 5.76. The number of nitrogens with zero attached hydrogens (tertiary/aromatic N) is 1. The summed E-state index contributed by atoms with van der Waals surface area (Å²) in [6, 6.07) is 4.13. The van der Waals surface area contributed by atoms with E-state index < -0.39 is 0 Å². The number of aromatic nitrogens is 1. The van der Waals surface area contributed by atoms with Crippen molar-refractivity contribution in [3.8, 4) is 0 Å². The van der Waals surface area contributed by atoms with Gasteiger partial charge in [0.25, 0.3) is 0 Å². The molecular formula is C15H26N2O. The zero-order chi connectivity index (χ0) is 13.3. The minimum atomic E-state index is 0.215. The summed E-state index contributed by atoms with van der Waals surface area (Å²) in [5, 5.41) is 3.37. The Hall–Kier alpha value is -0.930. The van der Waals surface area contributed by atoms with Gasteiger partial charge in [0.2, 0.25) is 0 Å². The van der Waals surface area contributed by atoms with Gasteiger partial charge in [-0.2, -0.15) is 0 Å². The van der Waals surface area contributed by atoms with Gasteiger partial charge in [-0.15, -0.1) is 0 Å². The first-order valence-electron chi connectivity index (χ1n) is 6.81. The monoisotopic (exact) mass is 250 g/mol. The van der Waals surface area contributed by atoms with E-state index in [0.29, 0.717) is 0 Å². The fourth-order valence-electron chi connectivity index (χ4n) is 1.79. The van der Waals surface area contributed by atoms with Gasteiger partial charge in [-0.3, -0.25) is 4.98 Å². The standard InChI is InChI=1S/C15H26N2O/c1-4-16-12-15(2,3)13-18-11-5-6-14-7-9-17-10-8-14/h7-10,16H,4-6,11-13H2,1-3H3. The molecule has 1 N–H and O–H groups in total. The van der Waals surface area contributed by atoms with Gasteiger partial charge in [0, 0.05) is 31.0 Å². The molecule has 0 spiro atoms. The van der Waals surface area contributed by atoms with Crippen LogP contribution in [0.15, 0.2) is 24.5 Å². The first kappa shape index (κ1) is 15.1. The highest BCUT2D eigenvalue weighted by Gasteiger charge is 2.16. The lowest BCUT2D eigenvalue weighted by molar-refractivity contribution is 0.0611. The summed E-state index contributed by atoms with van der Waals surface area (Å²) in [5.74, 6) is 0. The number of aryl methyl sites for hydroxylation is 1. The smallest absolute Gasteiger partial charge is 0.0529 e. The SMILES string of the molecule is CCNCC(C)(C)COCCCc1ccncc1. The van der Waals surface area contributed by atoms with E-state index in [1.807, 2.05) is 12.4 Å². The number of hydrogen-bond acceptors (Lipinski definition) is 3. The molecule has 0 fully saturated rings. The Balaban J connectivity index is 2.08. The Kier molecular flexibility index (Phi) is 6.91. The molecule has 0 aromatic carbocycles. The second-order valence-corrected chi connectivity index (χ2v) is 5.46. The van der Waals surface area contributed by atoms with Crippen molar-refractivity contribution in [3.05, 3.63) is 30.1 Å². The van der Waals surface area contributed by atoms with Gasteiger partial charge in [-0.05, 0) is 37.1 Å². The molecule has 0 saturated heterocycles. The largest absolute Gasteiger partial charge is 0.381 e. The van der Waals surface area contributed by atoms with Gasteiger partial charge in [-0.25, -0.2) is 0 Å². The van der Waals surface area contributed by atoms with Crippen LogP contribution in [0.3, 0.4) is 0 Å². The molecule has 1 heterocycles. The van der Waals surface area contributed by atoms with Crippen LogP contribution in [-0.4, -0.2) is 31.3 Å². The van der Waals surface area contributed by atoms with Crippen LogP contribution in [0.4, 0.5) is 0 Å². The lowest BCUT2D eigenvalue weighted by Gasteiger charge is -2.24. The van der Waals surface area contributed by atoms with Gasteiger partial charge in [0.1, 0.15) is 0 Å². The minimum Gasteiger partial charge on any atom is -0.381 e. The molecule has 3 nitrogen and oxygen atoms in total. The molecule has 3 heteroatoms. The van der Waals surface area contributed by atoms with E-state index in [1.54, 1.807) is 0 Å². The van der Waals surface area contributed by atoms with Crippen LogP contribution in [0.1, 0.15) is 32.8 Å². The number of pyridine rings is 1. The summed E-state index contributed by atoms with van der Waals surface area (Å²) >= 11 is 0. The molecule has 0 saturated carbocycles. The van der Waals surface area contributed by atoms with E-state index in [-0.39, 0.29) is 5.41 Å². The van der Waals surface area contributed by atoms with Crippen molar-refractivity contribution >= 4 is 0 Å². The molecule has 0 aliphatic heterocycles. The number of hydrogen-bond donors (Lipinski definition) is 1. The Bertz CT molecular complexity index is 312. The van der Waals surface area contributed by atoms with Crippen LogP contribution < -0.4 is 5.32 Å². The number of rotatable bonds is 9. The second-order valence-electron chi connectivity index (χ2n) is 5.46. The molecule has 1 rings (SSSR count). The van der Waals surface area contributed by atoms with Crippen molar-refractivity contribution < 1.29 is 4.74 Å². The van der Waals surface area contributed by atoms with Gasteiger partial charge in [0.15, 0.2) is 0 Å². The Labute approximate surface area is 111 Å². The molecule has 0 amide bonds. The van der Waals surface area contributed by atoms with Crippen molar-refractivity contribution in [1.82, 2.24) is 10.3 Å². The molecule has 0 atom stereocenters. The minimum absolute atomic E-state index is 0.215. The van der Waals surface area contributed by atoms with Crippen LogP contribution in [0.2, 0.25) is 0 Å². The topological polar surface area (TPSA) is 34.1 Å². The molecule has 0 aliphatic rings. The fraction of sp³-hybridized carbons (Fsp3) is 0.667. The zero-order valence-corrected chi connectivity index (χ0v) is 11.9. The highest BCUT2D eigenvalue weighted by molar-refractivity contribution is 5.09. The van der Waals surface area contributed by atoms with Gasteiger partial charge in [0.05, 0.1) is 6.61 Å². The Morgan fingerprint density at radius 3 is 2.67 bits per heavy atom. The average molecular weight is 250 g/mol. The van der Waals surface area contributed by atoms with Crippen molar-refractivity contribution in [1.29, 1.82) is 0 Å². The van der Waals surface area contributed by atoms with E-state index in [1.165, 1.54) is 5.56 Å². The molecule has 0 unspecified atom stereocenters. The Morgan fingerprint density at radius 2 is 2.00 bits per heavy atom. The first-order valence-corrected chi connectivity index (χ1v) is 6.81. The maximum Gasteiger partial charge on any atom is 0.0529 e. The van der Waals surface area contributed by atoms with E-state index >= 15 is 0 Å². The van der Waals surface area contributed by atoms with Crippen molar-refractivity contribution in [2.75, 3.05) is 26.3 Å². The van der Waals surface area contributed by atoms with E-state index in [4.69, 9.17) is 4.74 Å². The summed E-state index contributed by atoms with van der Waals surface area (Å²) in [6.45, 7) is 10.3. The maximum atomic E-state index is 5.76. The summed E-state index contributed by atoms with van der Waals surface area (Å²) in [5.41, 5.74) is 1.55. The van der Waals surface area contributed by atoms with Gasteiger partial charge in [-0.1, -0.05) is 20.8 Å². The normalized spacial score (nSPS) is 11.7. The predicted octanol–water partition coefficient (Wildman–Crippen LogP) is 2.67. The van der Waals surface area contributed by atoms with Crippen LogP contribution in [0.5, 0.6) is 0 Å². The number of nitrogens with one attached hydrogen (secondary N) is 1. The van der Waals surface area contributed by atoms with E-state index in [2.05, 4.69) is 43.2 Å². The van der Waals surface area contributed by atoms with Crippen LogP contribution in [0, 0.1) is 5.41 Å². The molecule has 1 aromatic heterocycles. The van der Waals surface area contributed by atoms with Gasteiger partial charge < -0.3 is 10.1 Å². The maximum absolute atomic E-state index is 5.76. The van der Waals surface area contributed by atoms with Crippen molar-refractivity contribution in [2.45, 2.75) is 33.6 Å². The van der Waals surface area contributed by atoms with Gasteiger partial charge >= 0.3 is 0 Å². The lowest BCUT2D eigenvalue weighted by atomic mass is 9.95. The summed E-state index contributed by atoms with van der Waals surface area (Å²) in [4.78, 5) is 4.01. The van der Waals surface area contributed by atoms with Crippen LogP contribution >= 0.6 is 0 Å². The highest BCUT2D eigenvalue weighted by atomic mass is 16.5. The predicted molar refractivity (Wildman–Crippen MR) is 75.7 cm³/mol. The van der Waals surface area contributed by atoms with Crippen LogP contribution in [-0.2, 0) is 11.2 Å². The van der Waals surface area contributed by atoms with E-state index in [0.717, 1.165) is 39.1 Å². The summed E-state index contributed by atoms with van der Waals surface area (Å²) in [6.07, 6.45) is 5.82. The second kappa shape index (κ2) is 8.22. The molecule has 0 aliphatic carbocycles. The molecule has 1 aromatic rings. The molecule has 0 bridgehead atoms. The third-order valence-electron chi connectivity index (χ3n) is 2.85. The quantitative estimate of drug-likeness (QED) is 0.684. The summed E-state index contributed by atoms with van der Waals surface area (Å²) in [7, 11) is 0. The Morgan fingerprint density at radius 1 is 1.28 bits per heavy atom. The van der Waals surface area contributed by atoms with Crippen LogP contribution in [0.25, 0.3) is 0 Å². The van der Waals surface area contributed by atoms with Crippen molar-refractivity contribution in [3.63, 3.8) is 0 Å². The van der Waals surface area contributed by atoms with Crippen molar-refractivity contribution in [2.24, 2.45) is 5.41 Å². The first-order chi connectivity index (χ1) is 8.64. The average Bonchev–Trinajstić information content (AvgIpc) is 2.37. The lowest BCUT2D eigenvalue weighted by Crippen LogP contribution is -2.33. The zero-order valence-electron chi connectivity index (χ0n) is 11.9. The number of ether oxygens (including phenoxy) is 1. The molecule has 18 heavy (non-hydrogen) atoms. The highest BCUT2D eigenvalue weighted by Crippen LogP contribution is 2.14. The van der Waals surface area contributed by atoms with E-state index in [9.17, 15) is 0 Å². The molecule has 0 radical (unpaired) electrons. The molecular weight excluding hydrogens is 224 g/mol. The third-order valence-corrected chi connectivity index (χ3v) is 2.85.